The van der Waals surface area contributed by atoms with Gasteiger partial charge in [0, 0.05) is 12.8 Å². The average molecular weight is 525 g/mol. The fraction of sp³-hybridized carbons (Fsp3) is 0.939. The van der Waals surface area contributed by atoms with Gasteiger partial charge in [0.15, 0.2) is 0 Å². The van der Waals surface area contributed by atoms with Crippen LogP contribution in [0.4, 0.5) is 0 Å². The van der Waals surface area contributed by atoms with Gasteiger partial charge < -0.3 is 9.47 Å². The molecule has 4 nitrogen and oxygen atoms in total. The van der Waals surface area contributed by atoms with Crippen molar-refractivity contribution in [3.63, 3.8) is 0 Å². The molecule has 0 heterocycles. The van der Waals surface area contributed by atoms with Crippen LogP contribution in [0.5, 0.6) is 0 Å². The van der Waals surface area contributed by atoms with Gasteiger partial charge in [-0.15, -0.1) is 0 Å². The smallest absolute Gasteiger partial charge is 0.305 e. The lowest BCUT2D eigenvalue weighted by Crippen LogP contribution is -2.14. The van der Waals surface area contributed by atoms with Crippen LogP contribution in [0.25, 0.3) is 0 Å². The molecule has 0 aliphatic rings. The van der Waals surface area contributed by atoms with E-state index in [1.165, 1.54) is 77.0 Å². The third-order valence-electron chi connectivity index (χ3n) is 7.40. The van der Waals surface area contributed by atoms with Crippen LogP contribution in [0.1, 0.15) is 181 Å². The number of unbranched alkanes of at least 4 members (excludes halogenated alkanes) is 17. The van der Waals surface area contributed by atoms with Gasteiger partial charge in [-0.1, -0.05) is 136 Å². The number of carbonyl (C=O) groups is 2. The normalized spacial score (nSPS) is 11.2. The van der Waals surface area contributed by atoms with E-state index in [0.717, 1.165) is 70.6 Å². The molecular weight excluding hydrogens is 460 g/mol. The third kappa shape index (κ3) is 27.8. The molecule has 0 fully saturated rings. The fourth-order valence-corrected chi connectivity index (χ4v) is 5.03. The first-order valence-corrected chi connectivity index (χ1v) is 16.4. The molecule has 0 aliphatic carbocycles. The van der Waals surface area contributed by atoms with Crippen LogP contribution in [0.3, 0.4) is 0 Å². The monoisotopic (exact) mass is 524 g/mol. The summed E-state index contributed by atoms with van der Waals surface area (Å²) in [5, 5.41) is 0. The van der Waals surface area contributed by atoms with Crippen molar-refractivity contribution in [3.8, 4) is 0 Å². The molecule has 0 aromatic heterocycles. The zero-order valence-electron chi connectivity index (χ0n) is 25.3. The number of hydrogen-bond donors (Lipinski definition) is 0. The molecule has 0 spiro atoms. The maximum absolute atomic E-state index is 11.9. The minimum Gasteiger partial charge on any atom is -0.466 e. The van der Waals surface area contributed by atoms with E-state index in [9.17, 15) is 9.59 Å². The van der Waals surface area contributed by atoms with Crippen molar-refractivity contribution in [2.24, 2.45) is 5.92 Å². The van der Waals surface area contributed by atoms with Gasteiger partial charge in [-0.05, 0) is 38.0 Å². The quantitative estimate of drug-likeness (QED) is 0.0721. The molecular formula is C33H64O4. The molecule has 0 aliphatic heterocycles. The van der Waals surface area contributed by atoms with E-state index in [-0.39, 0.29) is 11.9 Å². The van der Waals surface area contributed by atoms with Crippen LogP contribution in [0.2, 0.25) is 0 Å². The number of rotatable bonds is 29. The van der Waals surface area contributed by atoms with Crippen molar-refractivity contribution >= 4 is 11.9 Å². The number of carbonyl (C=O) groups excluding carboxylic acids is 2. The molecule has 0 aromatic rings. The Morgan fingerprint density at radius 1 is 0.459 bits per heavy atom. The van der Waals surface area contributed by atoms with Crippen molar-refractivity contribution in [1.29, 1.82) is 0 Å². The highest BCUT2D eigenvalue weighted by molar-refractivity contribution is 5.69. The van der Waals surface area contributed by atoms with E-state index in [1.807, 2.05) is 0 Å². The van der Waals surface area contributed by atoms with Gasteiger partial charge >= 0.3 is 11.9 Å². The van der Waals surface area contributed by atoms with Gasteiger partial charge in [0.25, 0.3) is 0 Å². The zero-order valence-corrected chi connectivity index (χ0v) is 25.3. The molecule has 0 N–H and O–H groups in total. The van der Waals surface area contributed by atoms with Crippen LogP contribution >= 0.6 is 0 Å². The molecule has 0 atom stereocenters. The number of ether oxygens (including phenoxy) is 2. The molecule has 4 heteroatoms. The van der Waals surface area contributed by atoms with Gasteiger partial charge in [0.2, 0.25) is 0 Å². The van der Waals surface area contributed by atoms with Crippen LogP contribution in [-0.2, 0) is 19.1 Å². The van der Waals surface area contributed by atoms with Crippen molar-refractivity contribution in [1.82, 2.24) is 0 Å². The van der Waals surface area contributed by atoms with Gasteiger partial charge in [0.05, 0.1) is 13.2 Å². The average Bonchev–Trinajstić information content (AvgIpc) is 2.89. The Hall–Kier alpha value is -1.06. The molecule has 0 rings (SSSR count). The summed E-state index contributed by atoms with van der Waals surface area (Å²) in [5.74, 6) is 0.453. The molecule has 0 saturated carbocycles. The molecule has 0 amide bonds. The fourth-order valence-electron chi connectivity index (χ4n) is 5.03. The highest BCUT2D eigenvalue weighted by atomic mass is 16.5. The molecule has 220 valence electrons. The lowest BCUT2D eigenvalue weighted by atomic mass is 9.99. The predicted molar refractivity (Wildman–Crippen MR) is 158 cm³/mol. The first kappa shape index (κ1) is 35.9. The molecule has 37 heavy (non-hydrogen) atoms. The van der Waals surface area contributed by atoms with E-state index in [4.69, 9.17) is 9.47 Å². The van der Waals surface area contributed by atoms with E-state index < -0.39 is 0 Å². The molecule has 0 bridgehead atoms. The largest absolute Gasteiger partial charge is 0.466 e. The van der Waals surface area contributed by atoms with Crippen molar-refractivity contribution in [2.45, 2.75) is 181 Å². The second-order valence-corrected chi connectivity index (χ2v) is 11.2. The summed E-state index contributed by atoms with van der Waals surface area (Å²) < 4.78 is 10.9. The number of esters is 2. The Labute approximate surface area is 231 Å². The van der Waals surface area contributed by atoms with Gasteiger partial charge in [-0.3, -0.25) is 9.59 Å². The highest BCUT2D eigenvalue weighted by Crippen LogP contribution is 2.15. The van der Waals surface area contributed by atoms with Crippen LogP contribution < -0.4 is 0 Å². The molecule has 0 radical (unpaired) electrons. The Bertz CT molecular complexity index is 485. The van der Waals surface area contributed by atoms with E-state index >= 15 is 0 Å². The van der Waals surface area contributed by atoms with Crippen LogP contribution in [0.15, 0.2) is 0 Å². The summed E-state index contributed by atoms with van der Waals surface area (Å²) in [6.07, 6.45) is 29.2. The maximum atomic E-state index is 11.9. The lowest BCUT2D eigenvalue weighted by Gasteiger charge is -2.15. The summed E-state index contributed by atoms with van der Waals surface area (Å²) in [6.45, 7) is 7.83. The second-order valence-electron chi connectivity index (χ2n) is 11.2. The van der Waals surface area contributed by atoms with Gasteiger partial charge in [-0.2, -0.15) is 0 Å². The summed E-state index contributed by atoms with van der Waals surface area (Å²) in [7, 11) is 0. The van der Waals surface area contributed by atoms with Crippen molar-refractivity contribution in [3.05, 3.63) is 0 Å². The number of hydrogen-bond acceptors (Lipinski definition) is 4. The van der Waals surface area contributed by atoms with Crippen LogP contribution in [0, 0.1) is 5.92 Å². The van der Waals surface area contributed by atoms with Gasteiger partial charge in [0.1, 0.15) is 0 Å². The molecule has 0 aromatic carbocycles. The maximum Gasteiger partial charge on any atom is 0.305 e. The second kappa shape index (κ2) is 29.5. The minimum atomic E-state index is -0.0385. The summed E-state index contributed by atoms with van der Waals surface area (Å²) in [6, 6.07) is 0. The zero-order chi connectivity index (χ0) is 27.2. The Morgan fingerprint density at radius 2 is 0.838 bits per heavy atom. The van der Waals surface area contributed by atoms with Crippen molar-refractivity contribution < 1.29 is 19.1 Å². The molecule has 0 unspecified atom stereocenters. The Balaban J connectivity index is 3.34. The topological polar surface area (TPSA) is 52.6 Å². The van der Waals surface area contributed by atoms with Gasteiger partial charge in [-0.25, -0.2) is 0 Å². The first-order chi connectivity index (χ1) is 18.1. The third-order valence-corrected chi connectivity index (χ3v) is 7.40. The summed E-state index contributed by atoms with van der Waals surface area (Å²) >= 11 is 0. The SMILES string of the molecule is CCCCCCCCCCCCCCCOC(=O)CCCCCCCCC(=O)OCC(CCC)CCC. The van der Waals surface area contributed by atoms with E-state index in [1.54, 1.807) is 0 Å². The summed E-state index contributed by atoms with van der Waals surface area (Å²) in [5.41, 5.74) is 0. The summed E-state index contributed by atoms with van der Waals surface area (Å²) in [4.78, 5) is 23.8. The van der Waals surface area contributed by atoms with E-state index in [0.29, 0.717) is 32.0 Å². The van der Waals surface area contributed by atoms with E-state index in [2.05, 4.69) is 20.8 Å². The Kier molecular flexibility index (Phi) is 28.7. The van der Waals surface area contributed by atoms with Crippen LogP contribution in [-0.4, -0.2) is 25.2 Å². The van der Waals surface area contributed by atoms with Crippen molar-refractivity contribution in [2.75, 3.05) is 13.2 Å². The lowest BCUT2D eigenvalue weighted by molar-refractivity contribution is -0.145. The first-order valence-electron chi connectivity index (χ1n) is 16.4. The standard InChI is InChI=1S/C33H64O4/c1-4-7-8-9-10-11-12-13-14-15-18-21-24-29-36-32(34)27-22-19-16-17-20-23-28-33(35)37-30-31(25-5-2)26-6-3/h31H,4-30H2,1-3H3. The molecule has 0 saturated heterocycles. The predicted octanol–water partition coefficient (Wildman–Crippen LogP) is 10.5. The minimum absolute atomic E-state index is 0.0360. The Morgan fingerprint density at radius 3 is 1.27 bits per heavy atom. The highest BCUT2D eigenvalue weighted by Gasteiger charge is 2.10.